The smallest absolute Gasteiger partial charge is 0.410 e. The lowest BCUT2D eigenvalue weighted by Crippen LogP contribution is -2.53. The minimum absolute atomic E-state index is 0.0191. The van der Waals surface area contributed by atoms with Crippen molar-refractivity contribution in [2.24, 2.45) is 5.92 Å². The Balaban J connectivity index is 1.85. The molecule has 2 fully saturated rings. The Morgan fingerprint density at radius 3 is 2.52 bits per heavy atom. The molecule has 6 nitrogen and oxygen atoms in total. The van der Waals surface area contributed by atoms with Crippen LogP contribution in [0.15, 0.2) is 24.3 Å². The molecule has 2 heterocycles. The van der Waals surface area contributed by atoms with Crippen LogP contribution in [0, 0.1) is 5.92 Å². The summed E-state index contributed by atoms with van der Waals surface area (Å²) in [5.41, 5.74) is 0.661. The monoisotopic (exact) mass is 375 g/mol. The second-order valence-corrected chi connectivity index (χ2v) is 8.39. The summed E-state index contributed by atoms with van der Waals surface area (Å²) in [6.45, 7) is 6.43. The van der Waals surface area contributed by atoms with E-state index in [-0.39, 0.29) is 30.0 Å². The SMILES string of the molecule is COc1ccc(C2C[C@H]3CC[C@@H]([C@@H]2COC=O)N3C(=O)OC(C)(C)C)cc1. The van der Waals surface area contributed by atoms with Crippen molar-refractivity contribution in [3.63, 3.8) is 0 Å². The lowest BCUT2D eigenvalue weighted by atomic mass is 9.76. The maximum Gasteiger partial charge on any atom is 0.410 e. The number of carbonyl (C=O) groups is 2. The third kappa shape index (κ3) is 4.20. The van der Waals surface area contributed by atoms with Crippen LogP contribution in [0.3, 0.4) is 0 Å². The summed E-state index contributed by atoms with van der Waals surface area (Å²) in [6.07, 6.45) is 2.44. The number of carbonyl (C=O) groups excluding carboxylic acids is 2. The molecule has 1 unspecified atom stereocenters. The van der Waals surface area contributed by atoms with E-state index in [1.165, 1.54) is 5.56 Å². The van der Waals surface area contributed by atoms with Gasteiger partial charge in [-0.1, -0.05) is 12.1 Å². The van der Waals surface area contributed by atoms with E-state index in [1.807, 2.05) is 37.8 Å². The van der Waals surface area contributed by atoms with E-state index >= 15 is 0 Å². The molecule has 0 radical (unpaired) electrons. The van der Waals surface area contributed by atoms with Crippen molar-refractivity contribution in [2.75, 3.05) is 13.7 Å². The molecule has 27 heavy (non-hydrogen) atoms. The van der Waals surface area contributed by atoms with Crippen LogP contribution in [0.25, 0.3) is 0 Å². The fraction of sp³-hybridized carbons (Fsp3) is 0.619. The molecule has 6 heteroatoms. The fourth-order valence-corrected chi connectivity index (χ4v) is 4.51. The third-order valence-electron chi connectivity index (χ3n) is 5.59. The number of nitrogens with zero attached hydrogens (tertiary/aromatic N) is 1. The molecule has 148 valence electrons. The van der Waals surface area contributed by atoms with Crippen LogP contribution in [-0.4, -0.2) is 48.9 Å². The molecule has 4 atom stereocenters. The maximum atomic E-state index is 12.8. The van der Waals surface area contributed by atoms with Gasteiger partial charge in [0.2, 0.25) is 0 Å². The Hall–Kier alpha value is -2.24. The van der Waals surface area contributed by atoms with Crippen LogP contribution in [0.5, 0.6) is 5.75 Å². The third-order valence-corrected chi connectivity index (χ3v) is 5.59. The molecule has 0 aromatic heterocycles. The molecule has 0 spiro atoms. The number of ether oxygens (including phenoxy) is 3. The first-order valence-corrected chi connectivity index (χ1v) is 9.54. The van der Waals surface area contributed by atoms with E-state index in [1.54, 1.807) is 7.11 Å². The van der Waals surface area contributed by atoms with E-state index < -0.39 is 5.60 Å². The predicted octanol–water partition coefficient (Wildman–Crippen LogP) is 3.74. The van der Waals surface area contributed by atoms with Gasteiger partial charge in [-0.2, -0.15) is 0 Å². The first kappa shape index (κ1) is 19.5. The minimum atomic E-state index is -0.530. The second-order valence-electron chi connectivity index (χ2n) is 8.39. The predicted molar refractivity (Wildman–Crippen MR) is 101 cm³/mol. The van der Waals surface area contributed by atoms with E-state index in [2.05, 4.69) is 12.1 Å². The molecule has 3 rings (SSSR count). The Bertz CT molecular complexity index is 666. The van der Waals surface area contributed by atoms with Crippen molar-refractivity contribution in [1.29, 1.82) is 0 Å². The summed E-state index contributed by atoms with van der Waals surface area (Å²) >= 11 is 0. The molecule has 1 amide bonds. The number of hydrogen-bond acceptors (Lipinski definition) is 5. The molecule has 0 saturated carbocycles. The van der Waals surface area contributed by atoms with Crippen molar-refractivity contribution in [2.45, 2.75) is 63.6 Å². The van der Waals surface area contributed by atoms with Crippen molar-refractivity contribution in [3.05, 3.63) is 29.8 Å². The highest BCUT2D eigenvalue weighted by molar-refractivity contribution is 5.70. The zero-order chi connectivity index (χ0) is 19.6. The fourth-order valence-electron chi connectivity index (χ4n) is 4.51. The summed E-state index contributed by atoms with van der Waals surface area (Å²) in [5, 5.41) is 0. The Morgan fingerprint density at radius 2 is 1.93 bits per heavy atom. The van der Waals surface area contributed by atoms with Crippen molar-refractivity contribution in [1.82, 2.24) is 4.90 Å². The Morgan fingerprint density at radius 1 is 1.22 bits per heavy atom. The molecule has 2 saturated heterocycles. The van der Waals surface area contributed by atoms with Gasteiger partial charge in [0.25, 0.3) is 6.47 Å². The van der Waals surface area contributed by atoms with E-state index in [9.17, 15) is 9.59 Å². The first-order chi connectivity index (χ1) is 12.8. The molecule has 2 aliphatic rings. The van der Waals surface area contributed by atoms with Crippen molar-refractivity contribution in [3.8, 4) is 5.75 Å². The van der Waals surface area contributed by atoms with Crippen LogP contribution in [-0.2, 0) is 14.3 Å². The van der Waals surface area contributed by atoms with Crippen LogP contribution < -0.4 is 4.74 Å². The summed E-state index contributed by atoms with van der Waals surface area (Å²) in [4.78, 5) is 25.5. The van der Waals surface area contributed by atoms with Gasteiger partial charge in [-0.25, -0.2) is 4.79 Å². The van der Waals surface area contributed by atoms with Gasteiger partial charge in [0.05, 0.1) is 13.7 Å². The topological polar surface area (TPSA) is 65.1 Å². The highest BCUT2D eigenvalue weighted by Gasteiger charge is 2.50. The zero-order valence-corrected chi connectivity index (χ0v) is 16.5. The van der Waals surface area contributed by atoms with E-state index in [0.717, 1.165) is 25.0 Å². The number of piperidine rings is 1. The largest absolute Gasteiger partial charge is 0.497 e. The lowest BCUT2D eigenvalue weighted by Gasteiger charge is -2.44. The van der Waals surface area contributed by atoms with Crippen LogP contribution in [0.2, 0.25) is 0 Å². The van der Waals surface area contributed by atoms with Gasteiger partial charge in [0.1, 0.15) is 11.4 Å². The Kier molecular flexibility index (Phi) is 5.63. The molecule has 1 aromatic carbocycles. The molecular weight excluding hydrogens is 346 g/mol. The average Bonchev–Trinajstić information content (AvgIpc) is 2.95. The average molecular weight is 375 g/mol. The van der Waals surface area contributed by atoms with Gasteiger partial charge in [-0.05, 0) is 63.6 Å². The van der Waals surface area contributed by atoms with Gasteiger partial charge in [-0.15, -0.1) is 0 Å². The number of amides is 1. The van der Waals surface area contributed by atoms with Crippen LogP contribution in [0.1, 0.15) is 51.5 Å². The summed E-state index contributed by atoms with van der Waals surface area (Å²) in [7, 11) is 1.65. The van der Waals surface area contributed by atoms with Gasteiger partial charge in [0, 0.05) is 18.0 Å². The number of benzene rings is 1. The van der Waals surface area contributed by atoms with Gasteiger partial charge in [-0.3, -0.25) is 4.79 Å². The molecule has 0 N–H and O–H groups in total. The molecule has 2 bridgehead atoms. The summed E-state index contributed by atoms with van der Waals surface area (Å²) in [6, 6.07) is 8.22. The highest BCUT2D eigenvalue weighted by Crippen LogP contribution is 2.47. The van der Waals surface area contributed by atoms with Gasteiger partial charge in [0.15, 0.2) is 0 Å². The Labute approximate surface area is 160 Å². The summed E-state index contributed by atoms with van der Waals surface area (Å²) < 4.78 is 16.1. The van der Waals surface area contributed by atoms with Crippen LogP contribution in [0.4, 0.5) is 4.79 Å². The van der Waals surface area contributed by atoms with E-state index in [4.69, 9.17) is 14.2 Å². The molecular formula is C21H29NO5. The van der Waals surface area contributed by atoms with E-state index in [0.29, 0.717) is 13.1 Å². The molecule has 2 aliphatic heterocycles. The molecule has 1 aromatic rings. The normalized spacial score (nSPS) is 27.2. The zero-order valence-electron chi connectivity index (χ0n) is 16.5. The van der Waals surface area contributed by atoms with Gasteiger partial charge < -0.3 is 19.1 Å². The first-order valence-electron chi connectivity index (χ1n) is 9.54. The van der Waals surface area contributed by atoms with Crippen molar-refractivity contribution >= 4 is 12.6 Å². The second kappa shape index (κ2) is 7.79. The standard InChI is InChI=1S/C21H29NO5/c1-21(2,3)27-20(24)22-15-7-10-19(22)18(12-26-13-23)17(11-15)14-5-8-16(25-4)9-6-14/h5-6,8-9,13,15,17-19H,7,10-12H2,1-4H3/t15-,17?,18-,19+/m1/s1. The van der Waals surface area contributed by atoms with Crippen molar-refractivity contribution < 1.29 is 23.8 Å². The molecule has 0 aliphatic carbocycles. The summed E-state index contributed by atoms with van der Waals surface area (Å²) in [5.74, 6) is 1.09. The minimum Gasteiger partial charge on any atom is -0.497 e. The van der Waals surface area contributed by atoms with Gasteiger partial charge >= 0.3 is 6.09 Å². The maximum absolute atomic E-state index is 12.8. The number of hydrogen-bond donors (Lipinski definition) is 0. The number of rotatable bonds is 5. The quantitative estimate of drug-likeness (QED) is 0.734. The lowest BCUT2D eigenvalue weighted by molar-refractivity contribution is -0.131. The highest BCUT2D eigenvalue weighted by atomic mass is 16.6. The number of methoxy groups -OCH3 is 1. The van der Waals surface area contributed by atoms with Crippen LogP contribution >= 0.6 is 0 Å². The number of fused-ring (bicyclic) bond motifs is 2.